The van der Waals surface area contributed by atoms with E-state index in [-0.39, 0.29) is 30.7 Å². The quantitative estimate of drug-likeness (QED) is 0.671. The number of amides is 1. The number of likely N-dealkylation sites (tertiary alicyclic amines) is 1. The number of halogens is 2. The van der Waals surface area contributed by atoms with Crippen LogP contribution < -0.4 is 11.1 Å². The molecule has 0 spiro atoms. The molecule has 1 aliphatic rings. The fourth-order valence-electron chi connectivity index (χ4n) is 3.05. The van der Waals surface area contributed by atoms with Crippen molar-refractivity contribution in [3.8, 4) is 0 Å². The summed E-state index contributed by atoms with van der Waals surface area (Å²) in [6, 6.07) is 9.47. The molecule has 1 aromatic rings. The van der Waals surface area contributed by atoms with Gasteiger partial charge in [0.1, 0.15) is 0 Å². The average molecular weight is 390 g/mol. The van der Waals surface area contributed by atoms with Gasteiger partial charge < -0.3 is 16.0 Å². The fourth-order valence-corrected chi connectivity index (χ4v) is 3.05. The molecule has 1 saturated heterocycles. The summed E-state index contributed by atoms with van der Waals surface area (Å²) in [6.07, 6.45) is 5.41. The summed E-state index contributed by atoms with van der Waals surface area (Å²) < 4.78 is 0. The van der Waals surface area contributed by atoms with Crippen LogP contribution >= 0.6 is 24.8 Å². The fraction of sp³-hybridized carbons (Fsp3) is 0.632. The van der Waals surface area contributed by atoms with E-state index in [0.717, 1.165) is 37.4 Å². The molecule has 25 heavy (non-hydrogen) atoms. The van der Waals surface area contributed by atoms with Gasteiger partial charge in [0.15, 0.2) is 0 Å². The van der Waals surface area contributed by atoms with Gasteiger partial charge in [-0.3, -0.25) is 4.79 Å². The lowest BCUT2D eigenvalue weighted by Crippen LogP contribution is -2.42. The van der Waals surface area contributed by atoms with Crippen LogP contribution in [-0.2, 0) is 11.2 Å². The first-order chi connectivity index (χ1) is 11.1. The van der Waals surface area contributed by atoms with Gasteiger partial charge in [0, 0.05) is 6.54 Å². The molecule has 0 radical (unpaired) electrons. The molecule has 1 aliphatic heterocycles. The number of hydrogen-bond donors (Lipinski definition) is 2. The Morgan fingerprint density at radius 1 is 1.20 bits per heavy atom. The number of rotatable bonds is 8. The van der Waals surface area contributed by atoms with Crippen molar-refractivity contribution in [2.24, 2.45) is 11.7 Å². The number of unbranched alkanes of at least 4 members (excludes halogenated alkanes) is 1. The smallest absolute Gasteiger partial charge is 0.237 e. The molecule has 1 atom stereocenters. The van der Waals surface area contributed by atoms with Gasteiger partial charge in [-0.05, 0) is 63.2 Å². The van der Waals surface area contributed by atoms with Crippen LogP contribution in [0.4, 0.5) is 0 Å². The van der Waals surface area contributed by atoms with Gasteiger partial charge in [-0.2, -0.15) is 0 Å². The van der Waals surface area contributed by atoms with Crippen LogP contribution in [0.15, 0.2) is 30.3 Å². The van der Waals surface area contributed by atoms with Crippen LogP contribution in [0.2, 0.25) is 0 Å². The predicted molar refractivity (Wildman–Crippen MR) is 110 cm³/mol. The lowest BCUT2D eigenvalue weighted by Gasteiger charge is -2.30. The lowest BCUT2D eigenvalue weighted by molar-refractivity contribution is -0.122. The van der Waals surface area contributed by atoms with E-state index in [9.17, 15) is 4.79 Å². The molecule has 3 N–H and O–H groups in total. The highest BCUT2D eigenvalue weighted by Gasteiger charge is 2.15. The highest BCUT2D eigenvalue weighted by Crippen LogP contribution is 2.16. The van der Waals surface area contributed by atoms with Crippen LogP contribution in [0.1, 0.15) is 38.2 Å². The van der Waals surface area contributed by atoms with Gasteiger partial charge in [-0.1, -0.05) is 37.3 Å². The summed E-state index contributed by atoms with van der Waals surface area (Å²) in [7, 11) is 0. The summed E-state index contributed by atoms with van der Waals surface area (Å²) in [5, 5.41) is 2.97. The molecule has 1 heterocycles. The molecule has 0 aliphatic carbocycles. The van der Waals surface area contributed by atoms with Gasteiger partial charge >= 0.3 is 0 Å². The topological polar surface area (TPSA) is 58.4 Å². The Balaban J connectivity index is 0.00000288. The maximum atomic E-state index is 12.0. The van der Waals surface area contributed by atoms with Crippen molar-refractivity contribution in [1.82, 2.24) is 10.2 Å². The Morgan fingerprint density at radius 3 is 2.48 bits per heavy atom. The van der Waals surface area contributed by atoms with Crippen molar-refractivity contribution in [2.75, 3.05) is 26.2 Å². The van der Waals surface area contributed by atoms with E-state index in [4.69, 9.17) is 5.73 Å². The summed E-state index contributed by atoms with van der Waals surface area (Å²) in [6.45, 7) is 6.68. The van der Waals surface area contributed by atoms with E-state index >= 15 is 0 Å². The summed E-state index contributed by atoms with van der Waals surface area (Å²) in [5.41, 5.74) is 7.08. The second-order valence-corrected chi connectivity index (χ2v) is 6.82. The Kier molecular flexibility index (Phi) is 13.0. The van der Waals surface area contributed by atoms with Crippen LogP contribution in [0, 0.1) is 5.92 Å². The number of piperidine rings is 1. The Hall–Kier alpha value is -0.810. The molecule has 4 nitrogen and oxygen atoms in total. The average Bonchev–Trinajstić information content (AvgIpc) is 2.57. The Labute approximate surface area is 164 Å². The standard InChI is InChI=1S/C19H31N3O.2ClH/c1-16-9-13-22(14-10-16)12-6-5-11-21-19(23)18(20)15-17-7-3-2-4-8-17;;/h2-4,7-8,16,18H,5-6,9-15,20H2,1H3,(H,21,23);2*1H. The largest absolute Gasteiger partial charge is 0.355 e. The van der Waals surface area contributed by atoms with Crippen molar-refractivity contribution in [1.29, 1.82) is 0 Å². The maximum Gasteiger partial charge on any atom is 0.237 e. The first kappa shape index (κ1) is 24.2. The summed E-state index contributed by atoms with van der Waals surface area (Å²) in [5.74, 6) is 0.845. The SMILES string of the molecule is CC1CCN(CCCCNC(=O)C(N)Cc2ccccc2)CC1.Cl.Cl. The van der Waals surface area contributed by atoms with E-state index in [1.165, 1.54) is 25.9 Å². The number of benzene rings is 1. The monoisotopic (exact) mass is 389 g/mol. The highest BCUT2D eigenvalue weighted by atomic mass is 35.5. The molecule has 0 saturated carbocycles. The molecule has 144 valence electrons. The van der Waals surface area contributed by atoms with Crippen molar-refractivity contribution < 1.29 is 4.79 Å². The molecule has 1 fully saturated rings. The highest BCUT2D eigenvalue weighted by molar-refractivity contribution is 5.85. The van der Waals surface area contributed by atoms with Gasteiger partial charge in [0.2, 0.25) is 5.91 Å². The van der Waals surface area contributed by atoms with Crippen LogP contribution in [0.25, 0.3) is 0 Å². The zero-order chi connectivity index (χ0) is 16.5. The van der Waals surface area contributed by atoms with E-state index in [0.29, 0.717) is 6.42 Å². The second-order valence-electron chi connectivity index (χ2n) is 6.82. The number of carbonyl (C=O) groups is 1. The third-order valence-electron chi connectivity index (χ3n) is 4.71. The molecule has 0 aromatic heterocycles. The third-order valence-corrected chi connectivity index (χ3v) is 4.71. The van der Waals surface area contributed by atoms with Crippen molar-refractivity contribution >= 4 is 30.7 Å². The Bertz CT molecular complexity index is 465. The molecule has 1 unspecified atom stereocenters. The zero-order valence-electron chi connectivity index (χ0n) is 15.2. The van der Waals surface area contributed by atoms with E-state index in [1.807, 2.05) is 30.3 Å². The normalized spacial score (nSPS) is 16.4. The van der Waals surface area contributed by atoms with Crippen molar-refractivity contribution in [3.05, 3.63) is 35.9 Å². The molecule has 1 aromatic carbocycles. The molecule has 2 rings (SSSR count). The second kappa shape index (κ2) is 13.4. The van der Waals surface area contributed by atoms with Crippen molar-refractivity contribution in [3.63, 3.8) is 0 Å². The predicted octanol–water partition coefficient (Wildman–Crippen LogP) is 3.03. The van der Waals surface area contributed by atoms with Gasteiger partial charge in [-0.25, -0.2) is 0 Å². The first-order valence-corrected chi connectivity index (χ1v) is 8.94. The Morgan fingerprint density at radius 2 is 1.84 bits per heavy atom. The van der Waals surface area contributed by atoms with E-state index in [1.54, 1.807) is 0 Å². The molecule has 0 bridgehead atoms. The zero-order valence-corrected chi connectivity index (χ0v) is 16.8. The maximum absolute atomic E-state index is 12.0. The van der Waals surface area contributed by atoms with Gasteiger partial charge in [0.05, 0.1) is 6.04 Å². The minimum Gasteiger partial charge on any atom is -0.355 e. The number of nitrogens with zero attached hydrogens (tertiary/aromatic N) is 1. The molecule has 1 amide bonds. The number of nitrogens with one attached hydrogen (secondary N) is 1. The van der Waals surface area contributed by atoms with Crippen LogP contribution in [0.3, 0.4) is 0 Å². The lowest BCUT2D eigenvalue weighted by atomic mass is 9.99. The first-order valence-electron chi connectivity index (χ1n) is 8.94. The number of carbonyl (C=O) groups excluding carboxylic acids is 1. The van der Waals surface area contributed by atoms with Crippen molar-refractivity contribution in [2.45, 2.75) is 45.1 Å². The van der Waals surface area contributed by atoms with Crippen LogP contribution in [-0.4, -0.2) is 43.0 Å². The summed E-state index contributed by atoms with van der Waals surface area (Å²) in [4.78, 5) is 14.5. The molecular formula is C19H33Cl2N3O. The van der Waals surface area contributed by atoms with Gasteiger partial charge in [-0.15, -0.1) is 24.8 Å². The summed E-state index contributed by atoms with van der Waals surface area (Å²) >= 11 is 0. The number of nitrogens with two attached hydrogens (primary N) is 1. The molecule has 6 heteroatoms. The van der Waals surface area contributed by atoms with E-state index < -0.39 is 6.04 Å². The number of hydrogen-bond acceptors (Lipinski definition) is 3. The van der Waals surface area contributed by atoms with Gasteiger partial charge in [0.25, 0.3) is 0 Å². The third kappa shape index (κ3) is 9.45. The minimum atomic E-state index is -0.457. The van der Waals surface area contributed by atoms with Crippen LogP contribution in [0.5, 0.6) is 0 Å². The van der Waals surface area contributed by atoms with E-state index in [2.05, 4.69) is 17.1 Å². The molecular weight excluding hydrogens is 357 g/mol. The minimum absolute atomic E-state index is 0.